The van der Waals surface area contributed by atoms with Gasteiger partial charge in [-0.25, -0.2) is 9.78 Å². The molecule has 1 N–H and O–H groups in total. The summed E-state index contributed by atoms with van der Waals surface area (Å²) in [5.74, 6) is -0.539. The Morgan fingerprint density at radius 3 is 2.76 bits per heavy atom. The zero-order valence-corrected chi connectivity index (χ0v) is 13.4. The molecule has 2 rings (SSSR count). The molecule has 2 heterocycles. The molecule has 2 aromatic heterocycles. The molecule has 0 aliphatic carbocycles. The van der Waals surface area contributed by atoms with E-state index in [1.807, 2.05) is 19.6 Å². The molecule has 0 aliphatic rings. The normalized spacial score (nSPS) is 12.9. The number of rotatable bonds is 4. The van der Waals surface area contributed by atoms with E-state index in [0.717, 1.165) is 0 Å². The molecule has 1 unspecified atom stereocenters. The first-order valence-electron chi connectivity index (χ1n) is 6.49. The average Bonchev–Trinajstić information content (AvgIpc) is 2.82. The van der Waals surface area contributed by atoms with E-state index in [-0.39, 0.29) is 5.69 Å². The topological polar surface area (TPSA) is 88.0 Å². The Labute approximate surface area is 123 Å². The molecule has 0 saturated heterocycles. The third kappa shape index (κ3) is 3.12. The molecule has 0 fully saturated rings. The quantitative estimate of drug-likeness (QED) is 0.693. The number of carbonyl (C=O) groups is 1. The number of nitriles is 1. The number of pyridine rings is 1. The Kier molecular flexibility index (Phi) is 4.11. The van der Waals surface area contributed by atoms with Crippen LogP contribution in [0.5, 0.6) is 0 Å². The monoisotopic (exact) mass is 303 g/mol. The third-order valence-corrected chi connectivity index (χ3v) is 3.79. The maximum absolute atomic E-state index is 12.0. The molecule has 6 nitrogen and oxygen atoms in total. The molecule has 0 saturated carbocycles. The van der Waals surface area contributed by atoms with Crippen molar-refractivity contribution in [1.29, 1.82) is 5.26 Å². The van der Waals surface area contributed by atoms with Crippen LogP contribution < -0.4 is 0 Å². The van der Waals surface area contributed by atoms with Crippen molar-refractivity contribution in [2.45, 2.75) is 25.7 Å². The van der Waals surface area contributed by atoms with Crippen molar-refractivity contribution in [3.63, 3.8) is 0 Å². The molecular formula is C14H17N3O3Si. The van der Waals surface area contributed by atoms with Crippen molar-refractivity contribution in [1.82, 2.24) is 9.97 Å². The Balaban J connectivity index is 2.64. The van der Waals surface area contributed by atoms with Gasteiger partial charge in [0.15, 0.2) is 14.4 Å². The molecular weight excluding hydrogens is 286 g/mol. The maximum atomic E-state index is 12.0. The van der Waals surface area contributed by atoms with Gasteiger partial charge in [0.05, 0.1) is 13.2 Å². The molecule has 0 spiro atoms. The molecule has 0 bridgehead atoms. The largest absolute Gasteiger partial charge is 0.464 e. The van der Waals surface area contributed by atoms with Crippen LogP contribution in [0.2, 0.25) is 19.6 Å². The molecule has 7 heteroatoms. The molecule has 0 aliphatic heterocycles. The maximum Gasteiger partial charge on any atom is 0.354 e. The second-order valence-electron chi connectivity index (χ2n) is 5.54. The number of aromatic amines is 1. The lowest BCUT2D eigenvalue weighted by Gasteiger charge is -2.22. The summed E-state index contributed by atoms with van der Waals surface area (Å²) in [6, 6.07) is 5.69. The second kappa shape index (κ2) is 5.67. The van der Waals surface area contributed by atoms with E-state index in [0.29, 0.717) is 16.6 Å². The van der Waals surface area contributed by atoms with Gasteiger partial charge in [0, 0.05) is 17.1 Å². The van der Waals surface area contributed by atoms with Crippen molar-refractivity contribution in [2.75, 3.05) is 7.11 Å². The molecule has 21 heavy (non-hydrogen) atoms. The Morgan fingerprint density at radius 2 is 2.19 bits per heavy atom. The summed E-state index contributed by atoms with van der Waals surface area (Å²) in [6.07, 6.45) is 0.786. The number of nitrogens with one attached hydrogen (secondary N) is 1. The lowest BCUT2D eigenvalue weighted by Crippen LogP contribution is -2.28. The first-order valence-corrected chi connectivity index (χ1v) is 9.90. The van der Waals surface area contributed by atoms with Gasteiger partial charge in [0.25, 0.3) is 0 Å². The van der Waals surface area contributed by atoms with Gasteiger partial charge < -0.3 is 14.1 Å². The zero-order valence-electron chi connectivity index (χ0n) is 12.4. The fraction of sp³-hybridized carbons (Fsp3) is 0.357. The number of hydrogen-bond donors (Lipinski definition) is 1. The average molecular weight is 303 g/mol. The molecule has 110 valence electrons. The second-order valence-corrected chi connectivity index (χ2v) is 10.0. The van der Waals surface area contributed by atoms with E-state index < -0.39 is 20.4 Å². The Hall–Kier alpha value is -2.17. The Morgan fingerprint density at radius 1 is 1.48 bits per heavy atom. The SMILES string of the molecule is COC(=O)c1[nH]c2ncccc2c1C(C#N)O[Si](C)(C)C. The summed E-state index contributed by atoms with van der Waals surface area (Å²) in [5.41, 5.74) is 1.25. The van der Waals surface area contributed by atoms with Gasteiger partial charge >= 0.3 is 5.97 Å². The van der Waals surface area contributed by atoms with Crippen LogP contribution >= 0.6 is 0 Å². The highest BCUT2D eigenvalue weighted by atomic mass is 28.4. The standard InChI is InChI=1S/C14H17N3O3Si/c1-19-14(18)12-11(10(8-15)20-21(2,3)4)9-6-5-7-16-13(9)17-12/h5-7,10H,1-4H3,(H,16,17). The van der Waals surface area contributed by atoms with Crippen LogP contribution in [0.4, 0.5) is 0 Å². The highest BCUT2D eigenvalue weighted by Crippen LogP contribution is 2.31. The minimum atomic E-state index is -1.96. The molecule has 2 aromatic rings. The summed E-state index contributed by atoms with van der Waals surface area (Å²) in [5, 5.41) is 10.2. The zero-order chi connectivity index (χ0) is 15.6. The number of carbonyl (C=O) groups excluding carboxylic acids is 1. The number of H-pyrrole nitrogens is 1. The molecule has 0 amide bonds. The van der Waals surface area contributed by atoms with Crippen LogP contribution in [-0.4, -0.2) is 31.4 Å². The summed E-state index contributed by atoms with van der Waals surface area (Å²) < 4.78 is 10.7. The first kappa shape index (κ1) is 15.2. The number of nitrogens with zero attached hydrogens (tertiary/aromatic N) is 2. The van der Waals surface area contributed by atoms with Crippen LogP contribution in [0.25, 0.3) is 11.0 Å². The van der Waals surface area contributed by atoms with Crippen molar-refractivity contribution < 1.29 is 14.0 Å². The number of hydrogen-bond acceptors (Lipinski definition) is 5. The summed E-state index contributed by atoms with van der Waals surface area (Å²) in [7, 11) is -0.664. The lowest BCUT2D eigenvalue weighted by molar-refractivity contribution is 0.0591. The first-order chi connectivity index (χ1) is 9.87. The predicted molar refractivity (Wildman–Crippen MR) is 80.2 cm³/mol. The van der Waals surface area contributed by atoms with Gasteiger partial charge in [-0.15, -0.1) is 0 Å². The van der Waals surface area contributed by atoms with Crippen molar-refractivity contribution in [3.05, 3.63) is 29.6 Å². The van der Waals surface area contributed by atoms with Gasteiger partial charge in [-0.1, -0.05) is 0 Å². The van der Waals surface area contributed by atoms with Gasteiger partial charge in [0.2, 0.25) is 0 Å². The summed E-state index contributed by atoms with van der Waals surface area (Å²) in [4.78, 5) is 19.0. The van der Waals surface area contributed by atoms with Crippen molar-refractivity contribution in [2.24, 2.45) is 0 Å². The molecule has 0 aromatic carbocycles. The van der Waals surface area contributed by atoms with Gasteiger partial charge in [-0.05, 0) is 31.8 Å². The van der Waals surface area contributed by atoms with Crippen LogP contribution in [0.1, 0.15) is 22.2 Å². The minimum Gasteiger partial charge on any atom is -0.464 e. The third-order valence-electron chi connectivity index (χ3n) is 2.85. The van der Waals surface area contributed by atoms with Gasteiger partial charge in [0.1, 0.15) is 11.3 Å². The predicted octanol–water partition coefficient (Wildman–Crippen LogP) is 2.77. The van der Waals surface area contributed by atoms with E-state index in [1.54, 1.807) is 18.3 Å². The van der Waals surface area contributed by atoms with E-state index in [9.17, 15) is 10.1 Å². The fourth-order valence-electron chi connectivity index (χ4n) is 2.08. The van der Waals surface area contributed by atoms with Crippen LogP contribution in [-0.2, 0) is 9.16 Å². The fourth-order valence-corrected chi connectivity index (χ4v) is 2.96. The van der Waals surface area contributed by atoms with Crippen molar-refractivity contribution in [3.8, 4) is 6.07 Å². The number of methoxy groups -OCH3 is 1. The lowest BCUT2D eigenvalue weighted by atomic mass is 10.1. The Bertz CT molecular complexity index is 712. The summed E-state index contributed by atoms with van der Waals surface area (Å²) in [6.45, 7) is 5.97. The molecule has 0 radical (unpaired) electrons. The van der Waals surface area contributed by atoms with Crippen molar-refractivity contribution >= 4 is 25.3 Å². The van der Waals surface area contributed by atoms with Crippen LogP contribution in [0.3, 0.4) is 0 Å². The van der Waals surface area contributed by atoms with Gasteiger partial charge in [-0.3, -0.25) is 0 Å². The van der Waals surface area contributed by atoms with Gasteiger partial charge in [-0.2, -0.15) is 5.26 Å². The number of fused-ring (bicyclic) bond motifs is 1. The van der Waals surface area contributed by atoms with Crippen LogP contribution in [0, 0.1) is 11.3 Å². The van der Waals surface area contributed by atoms with E-state index >= 15 is 0 Å². The summed E-state index contributed by atoms with van der Waals surface area (Å²) >= 11 is 0. The minimum absolute atomic E-state index is 0.219. The van der Waals surface area contributed by atoms with Crippen LogP contribution in [0.15, 0.2) is 18.3 Å². The highest BCUT2D eigenvalue weighted by Gasteiger charge is 2.30. The van der Waals surface area contributed by atoms with E-state index in [1.165, 1.54) is 7.11 Å². The highest BCUT2D eigenvalue weighted by molar-refractivity contribution is 6.69. The number of ether oxygens (including phenoxy) is 1. The molecule has 1 atom stereocenters. The van der Waals surface area contributed by atoms with E-state index in [2.05, 4.69) is 16.0 Å². The smallest absolute Gasteiger partial charge is 0.354 e. The number of esters is 1. The number of aromatic nitrogens is 2. The van der Waals surface area contributed by atoms with E-state index in [4.69, 9.17) is 9.16 Å².